The smallest absolute Gasteiger partial charge is 0.229 e. The number of likely N-dealkylation sites (tertiary alicyclic amines) is 1. The molecule has 3 heterocycles. The number of fused-ring (bicyclic) bond motifs is 1. The molecule has 3 aromatic rings. The second kappa shape index (κ2) is 8.15. The van der Waals surface area contributed by atoms with Gasteiger partial charge in [0.15, 0.2) is 0 Å². The van der Waals surface area contributed by atoms with Crippen molar-refractivity contribution in [3.05, 3.63) is 48.2 Å². The van der Waals surface area contributed by atoms with Crippen LogP contribution in [0, 0.1) is 18.3 Å². The van der Waals surface area contributed by atoms with Gasteiger partial charge in [-0.15, -0.1) is 0 Å². The maximum atomic E-state index is 13.0. The standard InChI is InChI=1S/C25H29N5O2/c1-16-5-3-4-6-18(16)21-11-17-12-22(27-14-19(17)23(26)28-21)29-24(31)20-13-25(20)7-8-30(15-25)9-10-32-2/h3-6,11-12,14,20H,7-10,13,15H2,1-2H3,(H2,26,28)(H,27,29,31)/t20-,25-/m1/s1. The number of carbonyl (C=O) groups is 1. The summed E-state index contributed by atoms with van der Waals surface area (Å²) in [6, 6.07) is 12.0. The van der Waals surface area contributed by atoms with Crippen molar-refractivity contribution in [1.82, 2.24) is 14.9 Å². The second-order valence-corrected chi connectivity index (χ2v) is 9.13. The first-order chi connectivity index (χ1) is 15.5. The summed E-state index contributed by atoms with van der Waals surface area (Å²) in [6.45, 7) is 5.73. The van der Waals surface area contributed by atoms with E-state index in [4.69, 9.17) is 10.5 Å². The van der Waals surface area contributed by atoms with Crippen LogP contribution in [-0.2, 0) is 9.53 Å². The summed E-state index contributed by atoms with van der Waals surface area (Å²) in [4.78, 5) is 24.4. The molecular weight excluding hydrogens is 402 g/mol. The largest absolute Gasteiger partial charge is 0.383 e. The van der Waals surface area contributed by atoms with Crippen molar-refractivity contribution in [2.75, 3.05) is 44.4 Å². The Morgan fingerprint density at radius 2 is 2.19 bits per heavy atom. The lowest BCUT2D eigenvalue weighted by atomic mass is 10.0. The number of nitrogens with two attached hydrogens (primary N) is 1. The van der Waals surface area contributed by atoms with E-state index in [1.165, 1.54) is 0 Å². The Bertz CT molecular complexity index is 1180. The van der Waals surface area contributed by atoms with Gasteiger partial charge in [-0.25, -0.2) is 9.97 Å². The third-order valence-electron chi connectivity index (χ3n) is 7.00. The zero-order valence-corrected chi connectivity index (χ0v) is 18.6. The summed E-state index contributed by atoms with van der Waals surface area (Å²) in [5.41, 5.74) is 9.35. The van der Waals surface area contributed by atoms with Gasteiger partial charge in [0.25, 0.3) is 0 Å². The van der Waals surface area contributed by atoms with Crippen molar-refractivity contribution < 1.29 is 9.53 Å². The van der Waals surface area contributed by atoms with Crippen LogP contribution in [0.5, 0.6) is 0 Å². The molecule has 32 heavy (non-hydrogen) atoms. The van der Waals surface area contributed by atoms with Gasteiger partial charge in [0.05, 0.1) is 12.3 Å². The second-order valence-electron chi connectivity index (χ2n) is 9.13. The number of aryl methyl sites for hydroxylation is 1. The van der Waals surface area contributed by atoms with Crippen LogP contribution in [0.1, 0.15) is 18.4 Å². The average molecular weight is 432 g/mol. The molecule has 1 spiro atoms. The van der Waals surface area contributed by atoms with E-state index in [-0.39, 0.29) is 17.2 Å². The van der Waals surface area contributed by atoms with Crippen molar-refractivity contribution in [2.45, 2.75) is 19.8 Å². The highest BCUT2D eigenvalue weighted by Crippen LogP contribution is 2.58. The average Bonchev–Trinajstić information content (AvgIpc) is 3.34. The lowest BCUT2D eigenvalue weighted by Crippen LogP contribution is -2.26. The van der Waals surface area contributed by atoms with E-state index < -0.39 is 0 Å². The van der Waals surface area contributed by atoms with Gasteiger partial charge in [0, 0.05) is 43.3 Å². The van der Waals surface area contributed by atoms with Gasteiger partial charge >= 0.3 is 0 Å². The first-order valence-electron chi connectivity index (χ1n) is 11.1. The molecule has 1 amide bonds. The first-order valence-corrected chi connectivity index (χ1v) is 11.1. The van der Waals surface area contributed by atoms with Crippen LogP contribution in [0.15, 0.2) is 42.6 Å². The van der Waals surface area contributed by atoms with E-state index in [0.717, 1.165) is 66.7 Å². The molecule has 2 aliphatic rings. The Morgan fingerprint density at radius 1 is 1.34 bits per heavy atom. The van der Waals surface area contributed by atoms with Crippen LogP contribution >= 0.6 is 0 Å². The Kier molecular flexibility index (Phi) is 5.31. The van der Waals surface area contributed by atoms with Crippen LogP contribution < -0.4 is 11.1 Å². The van der Waals surface area contributed by atoms with Crippen molar-refractivity contribution in [3.63, 3.8) is 0 Å². The lowest BCUT2D eigenvalue weighted by Gasteiger charge is -2.15. The molecule has 0 unspecified atom stereocenters. The predicted octanol–water partition coefficient (Wildman–Crippen LogP) is 3.48. The molecule has 2 aromatic heterocycles. The normalized spacial score (nSPS) is 22.5. The molecule has 1 saturated heterocycles. The van der Waals surface area contributed by atoms with Crippen LogP contribution in [0.4, 0.5) is 11.6 Å². The number of pyridine rings is 2. The highest BCUT2D eigenvalue weighted by Gasteiger charge is 2.60. The molecule has 1 aliphatic carbocycles. The topological polar surface area (TPSA) is 93.4 Å². The van der Waals surface area contributed by atoms with Crippen molar-refractivity contribution >= 4 is 28.3 Å². The van der Waals surface area contributed by atoms with E-state index in [0.29, 0.717) is 11.6 Å². The summed E-state index contributed by atoms with van der Waals surface area (Å²) in [7, 11) is 1.73. The molecule has 2 atom stereocenters. The minimum absolute atomic E-state index is 0.0533. The lowest BCUT2D eigenvalue weighted by molar-refractivity contribution is -0.118. The molecule has 2 fully saturated rings. The molecule has 5 rings (SSSR count). The number of hydrogen-bond donors (Lipinski definition) is 2. The van der Waals surface area contributed by atoms with Gasteiger partial charge in [-0.2, -0.15) is 0 Å². The van der Waals surface area contributed by atoms with Crippen LogP contribution in [0.2, 0.25) is 0 Å². The third kappa shape index (κ3) is 3.82. The quantitative estimate of drug-likeness (QED) is 0.621. The molecule has 3 N–H and O–H groups in total. The highest BCUT2D eigenvalue weighted by atomic mass is 16.5. The molecular formula is C25H29N5O2. The van der Waals surface area contributed by atoms with Gasteiger partial charge in [-0.3, -0.25) is 4.79 Å². The Balaban J connectivity index is 1.33. The zero-order valence-electron chi connectivity index (χ0n) is 18.6. The highest BCUT2D eigenvalue weighted by molar-refractivity contribution is 5.98. The summed E-state index contributed by atoms with van der Waals surface area (Å²) in [6.07, 6.45) is 3.71. The van der Waals surface area contributed by atoms with E-state index in [2.05, 4.69) is 33.2 Å². The molecule has 0 bridgehead atoms. The third-order valence-corrected chi connectivity index (χ3v) is 7.00. The van der Waals surface area contributed by atoms with Crippen LogP contribution in [-0.4, -0.2) is 54.1 Å². The number of nitrogen functional groups attached to an aromatic ring is 1. The molecule has 7 nitrogen and oxygen atoms in total. The molecule has 1 aromatic carbocycles. The molecule has 1 aliphatic heterocycles. The Hall–Kier alpha value is -3.03. The maximum Gasteiger partial charge on any atom is 0.229 e. The number of aromatic nitrogens is 2. The Labute approximate surface area is 188 Å². The molecule has 1 saturated carbocycles. The zero-order chi connectivity index (χ0) is 22.3. The number of hydrogen-bond acceptors (Lipinski definition) is 6. The molecule has 0 radical (unpaired) electrons. The molecule has 7 heteroatoms. The number of benzene rings is 1. The Morgan fingerprint density at radius 3 is 3.00 bits per heavy atom. The van der Waals surface area contributed by atoms with E-state index in [1.807, 2.05) is 30.3 Å². The number of carbonyl (C=O) groups excluding carboxylic acids is 1. The van der Waals surface area contributed by atoms with Crippen LogP contribution in [0.3, 0.4) is 0 Å². The van der Waals surface area contributed by atoms with Gasteiger partial charge in [0.2, 0.25) is 5.91 Å². The van der Waals surface area contributed by atoms with Crippen molar-refractivity contribution in [1.29, 1.82) is 0 Å². The summed E-state index contributed by atoms with van der Waals surface area (Å²) < 4.78 is 5.19. The van der Waals surface area contributed by atoms with Gasteiger partial charge in [0.1, 0.15) is 11.6 Å². The summed E-state index contributed by atoms with van der Waals surface area (Å²) in [5, 5.41) is 4.74. The summed E-state index contributed by atoms with van der Waals surface area (Å²) in [5.74, 6) is 1.11. The van der Waals surface area contributed by atoms with Gasteiger partial charge in [-0.05, 0) is 54.8 Å². The minimum Gasteiger partial charge on any atom is -0.383 e. The maximum absolute atomic E-state index is 13.0. The monoisotopic (exact) mass is 431 g/mol. The minimum atomic E-state index is 0.0533. The van der Waals surface area contributed by atoms with Crippen molar-refractivity contribution in [3.8, 4) is 11.3 Å². The fourth-order valence-electron chi connectivity index (χ4n) is 5.02. The fraction of sp³-hybridized carbons (Fsp3) is 0.400. The van der Waals surface area contributed by atoms with Crippen molar-refractivity contribution in [2.24, 2.45) is 11.3 Å². The number of nitrogens with zero attached hydrogens (tertiary/aromatic N) is 3. The number of anilines is 2. The van der Waals surface area contributed by atoms with Crippen LogP contribution in [0.25, 0.3) is 22.0 Å². The first kappa shape index (κ1) is 20.8. The number of amides is 1. The predicted molar refractivity (Wildman–Crippen MR) is 126 cm³/mol. The van der Waals surface area contributed by atoms with E-state index >= 15 is 0 Å². The van der Waals surface area contributed by atoms with Gasteiger partial charge in [-0.1, -0.05) is 24.3 Å². The number of ether oxygens (including phenoxy) is 1. The molecule has 166 valence electrons. The van der Waals surface area contributed by atoms with E-state index in [1.54, 1.807) is 13.3 Å². The fourth-order valence-corrected chi connectivity index (χ4v) is 5.02. The van der Waals surface area contributed by atoms with Gasteiger partial charge < -0.3 is 20.7 Å². The summed E-state index contributed by atoms with van der Waals surface area (Å²) >= 11 is 0. The SMILES string of the molecule is COCCN1CC[C@@]2(C[C@@H]2C(=O)Nc2cc3cc(-c4ccccc4C)nc(N)c3cn2)C1. The number of nitrogens with one attached hydrogen (secondary N) is 1. The van der Waals surface area contributed by atoms with E-state index in [9.17, 15) is 4.79 Å². The number of rotatable bonds is 6. The number of methoxy groups -OCH3 is 1.